The van der Waals surface area contributed by atoms with Gasteiger partial charge in [0.25, 0.3) is 0 Å². The number of rotatable bonds is 8. The monoisotopic (exact) mass is 314 g/mol. The Balaban J connectivity index is 2.32. The first-order chi connectivity index (χ1) is 9.82. The molecule has 0 saturated heterocycles. The first-order valence-electron chi connectivity index (χ1n) is 6.75. The van der Waals surface area contributed by atoms with Crippen molar-refractivity contribution >= 4 is 15.7 Å². The van der Waals surface area contributed by atoms with E-state index in [1.54, 1.807) is 12.1 Å². The van der Waals surface area contributed by atoms with Gasteiger partial charge in [0.15, 0.2) is 9.84 Å². The third kappa shape index (κ3) is 6.59. The lowest BCUT2D eigenvalue weighted by molar-refractivity contribution is -0.121. The Labute approximate surface area is 125 Å². The summed E-state index contributed by atoms with van der Waals surface area (Å²) in [5, 5.41) is 2.77. The molecule has 1 rings (SSSR count). The van der Waals surface area contributed by atoms with Gasteiger partial charge in [0.1, 0.15) is 5.75 Å². The van der Waals surface area contributed by atoms with Crippen LogP contribution in [-0.4, -0.2) is 39.8 Å². The van der Waals surface area contributed by atoms with E-state index >= 15 is 0 Å². The summed E-state index contributed by atoms with van der Waals surface area (Å²) >= 11 is 0. The summed E-state index contributed by atoms with van der Waals surface area (Å²) in [6.07, 6.45) is 2.10. The molecule has 0 bridgehead atoms. The van der Waals surface area contributed by atoms with Crippen molar-refractivity contribution in [2.75, 3.05) is 19.4 Å². The molecule has 0 spiro atoms. The minimum absolute atomic E-state index is 0.0260. The van der Waals surface area contributed by atoms with Gasteiger partial charge in [0.05, 0.1) is 11.5 Å². The van der Waals surface area contributed by atoms with Gasteiger partial charge in [-0.25, -0.2) is 8.42 Å². The van der Waals surface area contributed by atoms with Crippen molar-refractivity contribution in [3.63, 3.8) is 0 Å². The summed E-state index contributed by atoms with van der Waals surface area (Å²) < 4.78 is 28.1. The normalized spacial score (nSPS) is 12.7. The molecule has 21 heavy (non-hydrogen) atoms. The number of hydrogen-bond donors (Lipinski definition) is 2. The highest BCUT2D eigenvalue weighted by Gasteiger charge is 2.07. The van der Waals surface area contributed by atoms with Crippen LogP contribution < -0.4 is 15.8 Å². The van der Waals surface area contributed by atoms with E-state index < -0.39 is 9.84 Å². The third-order valence-corrected chi connectivity index (χ3v) is 3.96. The molecular weight excluding hydrogens is 292 g/mol. The number of amides is 1. The van der Waals surface area contributed by atoms with E-state index in [9.17, 15) is 13.2 Å². The first-order valence-corrected chi connectivity index (χ1v) is 8.64. The van der Waals surface area contributed by atoms with Crippen LogP contribution in [-0.2, 0) is 14.6 Å². The van der Waals surface area contributed by atoms with Gasteiger partial charge in [0.2, 0.25) is 5.91 Å². The molecule has 0 saturated carbocycles. The maximum absolute atomic E-state index is 11.5. The minimum atomic E-state index is -3.19. The van der Waals surface area contributed by atoms with E-state index in [-0.39, 0.29) is 16.8 Å². The van der Waals surface area contributed by atoms with E-state index in [0.29, 0.717) is 31.7 Å². The second-order valence-electron chi connectivity index (χ2n) is 4.90. The van der Waals surface area contributed by atoms with Crippen molar-refractivity contribution in [2.45, 2.75) is 30.7 Å². The second-order valence-corrected chi connectivity index (χ2v) is 6.92. The van der Waals surface area contributed by atoms with Gasteiger partial charge >= 0.3 is 0 Å². The molecule has 0 aromatic heterocycles. The van der Waals surface area contributed by atoms with Crippen LogP contribution in [0, 0.1) is 0 Å². The SMILES string of the molecule is C[C@@H](CN)NC(=O)CCCOc1ccc(S(C)(=O)=O)cc1. The van der Waals surface area contributed by atoms with Crippen molar-refractivity contribution in [1.29, 1.82) is 0 Å². The van der Waals surface area contributed by atoms with Crippen molar-refractivity contribution in [3.8, 4) is 5.75 Å². The highest BCUT2D eigenvalue weighted by molar-refractivity contribution is 7.90. The Hall–Kier alpha value is -1.60. The molecule has 0 heterocycles. The van der Waals surface area contributed by atoms with Crippen LogP contribution in [0.3, 0.4) is 0 Å². The lowest BCUT2D eigenvalue weighted by Gasteiger charge is -2.11. The van der Waals surface area contributed by atoms with E-state index in [0.717, 1.165) is 6.26 Å². The lowest BCUT2D eigenvalue weighted by Crippen LogP contribution is -2.37. The Kier molecular flexibility index (Phi) is 6.64. The van der Waals surface area contributed by atoms with E-state index in [1.165, 1.54) is 12.1 Å². The summed E-state index contributed by atoms with van der Waals surface area (Å²) in [5.74, 6) is 0.530. The zero-order valence-corrected chi connectivity index (χ0v) is 13.2. The maximum Gasteiger partial charge on any atom is 0.220 e. The molecule has 0 aliphatic carbocycles. The van der Waals surface area contributed by atoms with Crippen LogP contribution in [0.5, 0.6) is 5.75 Å². The smallest absolute Gasteiger partial charge is 0.220 e. The van der Waals surface area contributed by atoms with Crippen molar-refractivity contribution in [1.82, 2.24) is 5.32 Å². The zero-order valence-electron chi connectivity index (χ0n) is 12.3. The molecule has 0 aliphatic heterocycles. The molecule has 0 aliphatic rings. The topological polar surface area (TPSA) is 98.5 Å². The zero-order chi connectivity index (χ0) is 15.9. The van der Waals surface area contributed by atoms with Crippen LogP contribution in [0.1, 0.15) is 19.8 Å². The van der Waals surface area contributed by atoms with Crippen LogP contribution in [0.25, 0.3) is 0 Å². The fourth-order valence-corrected chi connectivity index (χ4v) is 2.24. The van der Waals surface area contributed by atoms with Crippen LogP contribution in [0.4, 0.5) is 0 Å². The van der Waals surface area contributed by atoms with Crippen molar-refractivity contribution in [2.24, 2.45) is 5.73 Å². The van der Waals surface area contributed by atoms with Gasteiger partial charge in [0, 0.05) is 25.3 Å². The average molecular weight is 314 g/mol. The van der Waals surface area contributed by atoms with Crippen molar-refractivity contribution < 1.29 is 17.9 Å². The predicted molar refractivity (Wildman–Crippen MR) is 80.9 cm³/mol. The molecule has 1 atom stereocenters. The molecule has 0 unspecified atom stereocenters. The Bertz CT molecular complexity index is 555. The average Bonchev–Trinajstić information content (AvgIpc) is 2.43. The standard InChI is InChI=1S/C14H22N2O4S/c1-11(10-15)16-14(17)4-3-9-20-12-5-7-13(8-6-12)21(2,18)19/h5-8,11H,3-4,9-10,15H2,1-2H3,(H,16,17)/t11-/m0/s1. The Morgan fingerprint density at radius 1 is 1.33 bits per heavy atom. The molecule has 0 radical (unpaired) electrons. The molecule has 7 heteroatoms. The lowest BCUT2D eigenvalue weighted by atomic mass is 10.2. The first kappa shape index (κ1) is 17.5. The number of ether oxygens (including phenoxy) is 1. The molecule has 118 valence electrons. The fourth-order valence-electron chi connectivity index (χ4n) is 1.61. The summed E-state index contributed by atoms with van der Waals surface area (Å²) in [7, 11) is -3.19. The van der Waals surface area contributed by atoms with Gasteiger partial charge in [-0.15, -0.1) is 0 Å². The molecule has 1 aromatic rings. The van der Waals surface area contributed by atoms with Crippen molar-refractivity contribution in [3.05, 3.63) is 24.3 Å². The number of carbonyl (C=O) groups excluding carboxylic acids is 1. The number of benzene rings is 1. The summed E-state index contributed by atoms with van der Waals surface area (Å²) in [4.78, 5) is 11.7. The molecule has 1 amide bonds. The molecule has 3 N–H and O–H groups in total. The summed E-state index contributed by atoms with van der Waals surface area (Å²) in [6.45, 7) is 2.65. The highest BCUT2D eigenvalue weighted by atomic mass is 32.2. The molecule has 1 aromatic carbocycles. The Morgan fingerprint density at radius 2 is 1.95 bits per heavy atom. The minimum Gasteiger partial charge on any atom is -0.494 e. The van der Waals surface area contributed by atoms with Gasteiger partial charge in [-0.1, -0.05) is 0 Å². The van der Waals surface area contributed by atoms with Crippen LogP contribution >= 0.6 is 0 Å². The number of hydrogen-bond acceptors (Lipinski definition) is 5. The van der Waals surface area contributed by atoms with E-state index in [4.69, 9.17) is 10.5 Å². The predicted octanol–water partition coefficient (Wildman–Crippen LogP) is 0.713. The summed E-state index contributed by atoms with van der Waals surface area (Å²) in [5.41, 5.74) is 5.41. The Morgan fingerprint density at radius 3 is 2.48 bits per heavy atom. The quantitative estimate of drug-likeness (QED) is 0.689. The van der Waals surface area contributed by atoms with E-state index in [2.05, 4.69) is 5.32 Å². The number of nitrogens with one attached hydrogen (secondary N) is 1. The van der Waals surface area contributed by atoms with Gasteiger partial charge in [-0.2, -0.15) is 0 Å². The van der Waals surface area contributed by atoms with Crippen LogP contribution in [0.15, 0.2) is 29.2 Å². The van der Waals surface area contributed by atoms with Crippen LogP contribution in [0.2, 0.25) is 0 Å². The third-order valence-electron chi connectivity index (χ3n) is 2.83. The number of sulfone groups is 1. The molecule has 0 fully saturated rings. The largest absolute Gasteiger partial charge is 0.494 e. The fraction of sp³-hybridized carbons (Fsp3) is 0.500. The molecular formula is C14H22N2O4S. The van der Waals surface area contributed by atoms with E-state index in [1.807, 2.05) is 6.92 Å². The summed E-state index contributed by atoms with van der Waals surface area (Å²) in [6, 6.07) is 6.18. The highest BCUT2D eigenvalue weighted by Crippen LogP contribution is 2.16. The number of carbonyl (C=O) groups is 1. The van der Waals surface area contributed by atoms with Gasteiger partial charge < -0.3 is 15.8 Å². The van der Waals surface area contributed by atoms with Gasteiger partial charge in [-0.05, 0) is 37.6 Å². The maximum atomic E-state index is 11.5. The molecule has 6 nitrogen and oxygen atoms in total. The number of nitrogens with two attached hydrogens (primary N) is 1. The van der Waals surface area contributed by atoms with Gasteiger partial charge in [-0.3, -0.25) is 4.79 Å². The second kappa shape index (κ2) is 7.99.